The lowest BCUT2D eigenvalue weighted by atomic mass is 10.2. The first-order valence-electron chi connectivity index (χ1n) is 6.95. The second-order valence-corrected chi connectivity index (χ2v) is 5.40. The van der Waals surface area contributed by atoms with E-state index in [4.69, 9.17) is 16.3 Å². The summed E-state index contributed by atoms with van der Waals surface area (Å²) in [6.45, 7) is 4.73. The molecule has 0 bridgehead atoms. The Bertz CT molecular complexity index is 644. The highest BCUT2D eigenvalue weighted by molar-refractivity contribution is 6.30. The number of hydrogen-bond donors (Lipinski definition) is 1. The molecule has 21 heavy (non-hydrogen) atoms. The molecule has 6 nitrogen and oxygen atoms in total. The molecule has 1 aromatic carbocycles. The van der Waals surface area contributed by atoms with E-state index in [1.165, 1.54) is 0 Å². The molecular weight excluding hydrogens is 292 g/mol. The van der Waals surface area contributed by atoms with E-state index >= 15 is 0 Å². The van der Waals surface area contributed by atoms with Crippen molar-refractivity contribution in [2.75, 3.05) is 32.8 Å². The summed E-state index contributed by atoms with van der Waals surface area (Å²) >= 11 is 5.89. The predicted molar refractivity (Wildman–Crippen MR) is 80.6 cm³/mol. The zero-order valence-electron chi connectivity index (χ0n) is 11.6. The van der Waals surface area contributed by atoms with Crippen molar-refractivity contribution in [3.05, 3.63) is 39.8 Å². The van der Waals surface area contributed by atoms with Crippen molar-refractivity contribution in [3.8, 4) is 11.4 Å². The van der Waals surface area contributed by atoms with Gasteiger partial charge in [-0.25, -0.2) is 9.89 Å². The predicted octanol–water partition coefficient (Wildman–Crippen LogP) is 1.22. The number of nitrogens with zero attached hydrogens (tertiary/aromatic N) is 3. The van der Waals surface area contributed by atoms with Crippen LogP contribution in [0.1, 0.15) is 0 Å². The Morgan fingerprint density at radius 2 is 1.90 bits per heavy atom. The van der Waals surface area contributed by atoms with E-state index in [1.54, 1.807) is 16.7 Å². The molecule has 1 aromatic heterocycles. The number of rotatable bonds is 4. The number of nitrogens with one attached hydrogen (secondary N) is 1. The van der Waals surface area contributed by atoms with Crippen LogP contribution in [0.4, 0.5) is 0 Å². The van der Waals surface area contributed by atoms with Crippen LogP contribution in [0.2, 0.25) is 5.02 Å². The maximum atomic E-state index is 11.9. The summed E-state index contributed by atoms with van der Waals surface area (Å²) < 4.78 is 6.99. The van der Waals surface area contributed by atoms with Gasteiger partial charge in [0.15, 0.2) is 5.82 Å². The van der Waals surface area contributed by atoms with Gasteiger partial charge in [-0.3, -0.25) is 9.47 Å². The number of ether oxygens (including phenoxy) is 1. The molecule has 0 amide bonds. The minimum absolute atomic E-state index is 0.187. The van der Waals surface area contributed by atoms with E-state index in [-0.39, 0.29) is 5.69 Å². The number of morpholine rings is 1. The number of aromatic nitrogens is 3. The van der Waals surface area contributed by atoms with Gasteiger partial charge in [-0.2, -0.15) is 5.10 Å². The monoisotopic (exact) mass is 308 g/mol. The van der Waals surface area contributed by atoms with Gasteiger partial charge in [0.05, 0.1) is 13.2 Å². The van der Waals surface area contributed by atoms with Crippen LogP contribution in [0, 0.1) is 0 Å². The van der Waals surface area contributed by atoms with Crippen LogP contribution >= 0.6 is 11.6 Å². The van der Waals surface area contributed by atoms with Crippen LogP contribution < -0.4 is 5.69 Å². The van der Waals surface area contributed by atoms with Crippen molar-refractivity contribution in [2.45, 2.75) is 6.54 Å². The Morgan fingerprint density at radius 3 is 2.62 bits per heavy atom. The van der Waals surface area contributed by atoms with Gasteiger partial charge in [0, 0.05) is 36.8 Å². The number of hydrogen-bond acceptors (Lipinski definition) is 4. The highest BCUT2D eigenvalue weighted by Crippen LogP contribution is 2.18. The Kier molecular flexibility index (Phi) is 4.38. The molecule has 0 unspecified atom stereocenters. The molecule has 1 aliphatic rings. The van der Waals surface area contributed by atoms with Crippen molar-refractivity contribution in [1.82, 2.24) is 19.7 Å². The standard InChI is InChI=1S/C14H17ClN4O2/c15-12-3-1-11(2-4-12)13-16-17-14(20)19(13)6-5-18-7-9-21-10-8-18/h1-4H,5-10H2,(H,17,20). The van der Waals surface area contributed by atoms with Crippen molar-refractivity contribution in [1.29, 1.82) is 0 Å². The van der Waals surface area contributed by atoms with Gasteiger partial charge < -0.3 is 4.74 Å². The summed E-state index contributed by atoms with van der Waals surface area (Å²) in [4.78, 5) is 14.2. The third kappa shape index (κ3) is 3.34. The number of H-pyrrole nitrogens is 1. The van der Waals surface area contributed by atoms with Crippen LogP contribution in [0.25, 0.3) is 11.4 Å². The Morgan fingerprint density at radius 1 is 1.19 bits per heavy atom. The van der Waals surface area contributed by atoms with Crippen LogP contribution in [0.3, 0.4) is 0 Å². The fourth-order valence-electron chi connectivity index (χ4n) is 2.41. The van der Waals surface area contributed by atoms with Gasteiger partial charge in [0.2, 0.25) is 0 Å². The lowest BCUT2D eigenvalue weighted by Gasteiger charge is -2.26. The minimum Gasteiger partial charge on any atom is -0.379 e. The van der Waals surface area contributed by atoms with Crippen LogP contribution in [0.5, 0.6) is 0 Å². The summed E-state index contributed by atoms with van der Waals surface area (Å²) in [5, 5.41) is 7.30. The molecule has 1 fully saturated rings. The minimum atomic E-state index is -0.187. The Hall–Kier alpha value is -1.63. The molecule has 1 saturated heterocycles. The van der Waals surface area contributed by atoms with Gasteiger partial charge in [-0.05, 0) is 24.3 Å². The third-order valence-electron chi connectivity index (χ3n) is 3.60. The van der Waals surface area contributed by atoms with Gasteiger partial charge >= 0.3 is 5.69 Å². The van der Waals surface area contributed by atoms with Crippen LogP contribution in [0.15, 0.2) is 29.1 Å². The van der Waals surface area contributed by atoms with Gasteiger partial charge in [0.1, 0.15) is 0 Å². The third-order valence-corrected chi connectivity index (χ3v) is 3.86. The van der Waals surface area contributed by atoms with Crippen LogP contribution in [-0.2, 0) is 11.3 Å². The summed E-state index contributed by atoms with van der Waals surface area (Å²) in [6.07, 6.45) is 0. The van der Waals surface area contributed by atoms with E-state index in [9.17, 15) is 4.79 Å². The van der Waals surface area contributed by atoms with E-state index in [0.717, 1.165) is 38.4 Å². The first-order valence-corrected chi connectivity index (χ1v) is 7.33. The summed E-state index contributed by atoms with van der Waals surface area (Å²) in [5.74, 6) is 0.643. The van der Waals surface area contributed by atoms with Crippen molar-refractivity contribution < 1.29 is 4.74 Å². The van der Waals surface area contributed by atoms with E-state index in [1.807, 2.05) is 12.1 Å². The zero-order chi connectivity index (χ0) is 14.7. The maximum absolute atomic E-state index is 11.9. The van der Waals surface area contributed by atoms with E-state index in [2.05, 4.69) is 15.1 Å². The highest BCUT2D eigenvalue weighted by Gasteiger charge is 2.14. The lowest BCUT2D eigenvalue weighted by molar-refractivity contribution is 0.0363. The molecule has 2 aromatic rings. The molecule has 0 saturated carbocycles. The molecule has 7 heteroatoms. The lowest BCUT2D eigenvalue weighted by Crippen LogP contribution is -2.39. The Labute approximate surface area is 127 Å². The normalized spacial score (nSPS) is 16.2. The summed E-state index contributed by atoms with van der Waals surface area (Å²) in [5.41, 5.74) is 0.688. The van der Waals surface area contributed by atoms with Gasteiger partial charge in [0.25, 0.3) is 0 Å². The smallest absolute Gasteiger partial charge is 0.343 e. The summed E-state index contributed by atoms with van der Waals surface area (Å²) in [6, 6.07) is 7.32. The van der Waals surface area contributed by atoms with Crippen molar-refractivity contribution >= 4 is 11.6 Å². The molecular formula is C14H17ClN4O2. The average molecular weight is 309 g/mol. The maximum Gasteiger partial charge on any atom is 0.343 e. The fraction of sp³-hybridized carbons (Fsp3) is 0.429. The molecule has 1 aliphatic heterocycles. The topological polar surface area (TPSA) is 63.2 Å². The summed E-state index contributed by atoms with van der Waals surface area (Å²) in [7, 11) is 0. The largest absolute Gasteiger partial charge is 0.379 e. The van der Waals surface area contributed by atoms with Crippen LogP contribution in [-0.4, -0.2) is 52.5 Å². The Balaban J connectivity index is 1.77. The van der Waals surface area contributed by atoms with Crippen molar-refractivity contribution in [3.63, 3.8) is 0 Å². The van der Waals surface area contributed by atoms with E-state index in [0.29, 0.717) is 17.4 Å². The second kappa shape index (κ2) is 6.43. The zero-order valence-corrected chi connectivity index (χ0v) is 12.3. The molecule has 0 spiro atoms. The fourth-order valence-corrected chi connectivity index (χ4v) is 2.54. The number of halogens is 1. The molecule has 112 valence electrons. The first kappa shape index (κ1) is 14.3. The average Bonchev–Trinajstić information content (AvgIpc) is 2.88. The highest BCUT2D eigenvalue weighted by atomic mass is 35.5. The molecule has 2 heterocycles. The van der Waals surface area contributed by atoms with Gasteiger partial charge in [-0.15, -0.1) is 0 Å². The molecule has 1 N–H and O–H groups in total. The molecule has 3 rings (SSSR count). The number of aromatic amines is 1. The van der Waals surface area contributed by atoms with Crippen molar-refractivity contribution in [2.24, 2.45) is 0 Å². The SMILES string of the molecule is O=c1[nH]nc(-c2ccc(Cl)cc2)n1CCN1CCOCC1. The van der Waals surface area contributed by atoms with Gasteiger partial charge in [-0.1, -0.05) is 11.6 Å². The van der Waals surface area contributed by atoms with E-state index < -0.39 is 0 Å². The quantitative estimate of drug-likeness (QED) is 0.922. The molecule has 0 radical (unpaired) electrons. The molecule has 0 aliphatic carbocycles. The first-order chi connectivity index (χ1) is 10.2. The number of benzene rings is 1. The molecule has 0 atom stereocenters. The second-order valence-electron chi connectivity index (χ2n) is 4.96.